The molecule has 8 unspecified atom stereocenters. The van der Waals surface area contributed by atoms with Crippen molar-refractivity contribution in [3.63, 3.8) is 0 Å². The van der Waals surface area contributed by atoms with E-state index in [4.69, 9.17) is 4.74 Å². The van der Waals surface area contributed by atoms with Crippen LogP contribution in [-0.4, -0.2) is 30.2 Å². The average molecular weight is 413 g/mol. The number of carbonyl (C=O) groups excluding carboxylic acids is 1. The lowest BCUT2D eigenvalue weighted by Crippen LogP contribution is -2.59. The molecule has 4 aliphatic carbocycles. The second kappa shape index (κ2) is 7.46. The van der Waals surface area contributed by atoms with Gasteiger partial charge in [0.25, 0.3) is 0 Å². The number of carbonyl (C=O) groups is 1. The van der Waals surface area contributed by atoms with Crippen LogP contribution in [0.15, 0.2) is 0 Å². The summed E-state index contributed by atoms with van der Waals surface area (Å²) in [6.07, 6.45) is 7.51. The van der Waals surface area contributed by atoms with E-state index in [2.05, 4.69) is 13.8 Å². The van der Waals surface area contributed by atoms with Gasteiger partial charge in [0.2, 0.25) is 5.92 Å². The molecular weight excluding hydrogens is 374 g/mol. The van der Waals surface area contributed by atoms with Crippen LogP contribution in [0.5, 0.6) is 0 Å². The lowest BCUT2D eigenvalue weighted by molar-refractivity contribution is -0.202. The molecule has 29 heavy (non-hydrogen) atoms. The minimum absolute atomic E-state index is 0.00451. The van der Waals surface area contributed by atoms with Crippen LogP contribution in [0.25, 0.3) is 0 Å². The largest absolute Gasteiger partial charge is 0.469 e. The Kier molecular flexibility index (Phi) is 5.53. The van der Waals surface area contributed by atoms with Crippen molar-refractivity contribution < 1.29 is 23.4 Å². The number of halogens is 2. The van der Waals surface area contributed by atoms with E-state index in [1.165, 1.54) is 7.11 Å². The first kappa shape index (κ1) is 21.5. The second-order valence-electron chi connectivity index (χ2n) is 11.2. The van der Waals surface area contributed by atoms with Crippen molar-refractivity contribution in [1.29, 1.82) is 0 Å². The number of aliphatic hydroxyl groups excluding tert-OH is 1. The molecule has 3 nitrogen and oxygen atoms in total. The lowest BCUT2D eigenvalue weighted by atomic mass is 9.44. The minimum atomic E-state index is -2.55. The van der Waals surface area contributed by atoms with E-state index in [1.807, 2.05) is 0 Å². The summed E-state index contributed by atoms with van der Waals surface area (Å²) in [4.78, 5) is 11.5. The Hall–Kier alpha value is -0.710. The van der Waals surface area contributed by atoms with Gasteiger partial charge in [-0.15, -0.1) is 0 Å². The molecule has 5 heteroatoms. The molecule has 0 bridgehead atoms. The summed E-state index contributed by atoms with van der Waals surface area (Å²) in [5.41, 5.74) is -0.172. The van der Waals surface area contributed by atoms with E-state index in [1.54, 1.807) is 0 Å². The van der Waals surface area contributed by atoms with Gasteiger partial charge in [0.1, 0.15) is 0 Å². The summed E-state index contributed by atoms with van der Waals surface area (Å²) in [5, 5.41) is 11.2. The highest BCUT2D eigenvalue weighted by atomic mass is 19.3. The molecule has 4 aliphatic rings. The van der Waals surface area contributed by atoms with Crippen molar-refractivity contribution in [1.82, 2.24) is 0 Å². The van der Waals surface area contributed by atoms with Gasteiger partial charge < -0.3 is 9.84 Å². The molecule has 0 spiro atoms. The fraction of sp³-hybridized carbons (Fsp3) is 0.958. The molecule has 8 atom stereocenters. The van der Waals surface area contributed by atoms with Gasteiger partial charge >= 0.3 is 5.97 Å². The third-order valence-electron chi connectivity index (χ3n) is 9.94. The second-order valence-corrected chi connectivity index (χ2v) is 11.2. The van der Waals surface area contributed by atoms with Crippen molar-refractivity contribution in [2.24, 2.45) is 40.4 Å². The van der Waals surface area contributed by atoms with Gasteiger partial charge in [-0.25, -0.2) is 8.78 Å². The van der Waals surface area contributed by atoms with Crippen LogP contribution in [0.1, 0.15) is 84.5 Å². The maximum Gasteiger partial charge on any atom is 0.305 e. The maximum absolute atomic E-state index is 14.4. The summed E-state index contributed by atoms with van der Waals surface area (Å²) >= 11 is 0. The van der Waals surface area contributed by atoms with E-state index < -0.39 is 5.92 Å². The smallest absolute Gasteiger partial charge is 0.305 e. The molecular formula is C24H38F2O3. The molecule has 0 amide bonds. The number of esters is 1. The highest BCUT2D eigenvalue weighted by molar-refractivity contribution is 5.68. The molecule has 0 saturated heterocycles. The van der Waals surface area contributed by atoms with Crippen molar-refractivity contribution in [3.05, 3.63) is 0 Å². The van der Waals surface area contributed by atoms with E-state index in [0.29, 0.717) is 31.1 Å². The van der Waals surface area contributed by atoms with Crippen LogP contribution in [-0.2, 0) is 9.53 Å². The van der Waals surface area contributed by atoms with E-state index in [-0.39, 0.29) is 53.5 Å². The fourth-order valence-electron chi connectivity index (χ4n) is 8.45. The zero-order valence-electron chi connectivity index (χ0n) is 18.3. The van der Waals surface area contributed by atoms with Crippen molar-refractivity contribution >= 4 is 5.97 Å². The fourth-order valence-corrected chi connectivity index (χ4v) is 8.45. The normalized spacial score (nSPS) is 48.3. The summed E-state index contributed by atoms with van der Waals surface area (Å²) in [6.45, 7) is 4.49. The van der Waals surface area contributed by atoms with Crippen molar-refractivity contribution in [3.8, 4) is 0 Å². The molecule has 0 aromatic heterocycles. The number of methoxy groups -OCH3 is 1. The molecule has 0 aromatic carbocycles. The number of alkyl halides is 2. The highest BCUT2D eigenvalue weighted by Crippen LogP contribution is 2.68. The van der Waals surface area contributed by atoms with Gasteiger partial charge in [-0.1, -0.05) is 13.8 Å². The van der Waals surface area contributed by atoms with Crippen LogP contribution >= 0.6 is 0 Å². The highest BCUT2D eigenvalue weighted by Gasteiger charge is 2.64. The third-order valence-corrected chi connectivity index (χ3v) is 9.94. The SMILES string of the molecule is COC(=O)CCCC1CCC2C3C(O)CC4CCC(F)(F)CC4(C)C3CCC12C. The van der Waals surface area contributed by atoms with Crippen molar-refractivity contribution in [2.45, 2.75) is 96.5 Å². The predicted molar refractivity (Wildman–Crippen MR) is 107 cm³/mol. The first-order valence-corrected chi connectivity index (χ1v) is 11.7. The van der Waals surface area contributed by atoms with Gasteiger partial charge in [-0.05, 0) is 91.8 Å². The molecule has 0 heterocycles. The summed E-state index contributed by atoms with van der Waals surface area (Å²) in [5.74, 6) is -1.10. The lowest BCUT2D eigenvalue weighted by Gasteiger charge is -2.62. The Morgan fingerprint density at radius 2 is 1.79 bits per heavy atom. The number of fused-ring (bicyclic) bond motifs is 5. The Morgan fingerprint density at radius 1 is 1.07 bits per heavy atom. The van der Waals surface area contributed by atoms with Crippen LogP contribution in [0.3, 0.4) is 0 Å². The number of hydrogen-bond acceptors (Lipinski definition) is 3. The maximum atomic E-state index is 14.4. The summed E-state index contributed by atoms with van der Waals surface area (Å²) < 4.78 is 33.6. The number of ether oxygens (including phenoxy) is 1. The third kappa shape index (κ3) is 3.53. The first-order valence-electron chi connectivity index (χ1n) is 11.7. The zero-order chi connectivity index (χ0) is 21.0. The summed E-state index contributed by atoms with van der Waals surface area (Å²) in [7, 11) is 1.43. The minimum Gasteiger partial charge on any atom is -0.469 e. The molecule has 4 saturated carbocycles. The molecule has 4 fully saturated rings. The van der Waals surface area contributed by atoms with Gasteiger partial charge in [0.15, 0.2) is 0 Å². The molecule has 1 N–H and O–H groups in total. The van der Waals surface area contributed by atoms with Gasteiger partial charge in [-0.3, -0.25) is 4.79 Å². The number of hydrogen-bond donors (Lipinski definition) is 1. The number of rotatable bonds is 4. The standard InChI is InChI=1S/C24H38F2O3/c1-22-11-10-18-21(17(22)8-7-15(22)5-4-6-20(28)29-3)19(27)13-16-9-12-24(25,26)14-23(16,18)2/h15-19,21,27H,4-14H2,1-3H3. The van der Waals surface area contributed by atoms with Gasteiger partial charge in [0.05, 0.1) is 13.2 Å². The van der Waals surface area contributed by atoms with Crippen LogP contribution in [0.2, 0.25) is 0 Å². The van der Waals surface area contributed by atoms with Gasteiger partial charge in [0, 0.05) is 19.3 Å². The first-order chi connectivity index (χ1) is 13.6. The Labute approximate surface area is 174 Å². The van der Waals surface area contributed by atoms with E-state index in [0.717, 1.165) is 38.5 Å². The molecule has 4 rings (SSSR count). The zero-order valence-corrected chi connectivity index (χ0v) is 18.3. The summed E-state index contributed by atoms with van der Waals surface area (Å²) in [6, 6.07) is 0. The number of aliphatic hydroxyl groups is 1. The molecule has 0 radical (unpaired) electrons. The molecule has 0 aromatic rings. The molecule has 0 aliphatic heterocycles. The Balaban J connectivity index is 1.52. The topological polar surface area (TPSA) is 46.5 Å². The van der Waals surface area contributed by atoms with Gasteiger partial charge in [-0.2, -0.15) is 0 Å². The average Bonchev–Trinajstić information content (AvgIpc) is 2.98. The van der Waals surface area contributed by atoms with E-state index >= 15 is 0 Å². The quantitative estimate of drug-likeness (QED) is 0.612. The van der Waals surface area contributed by atoms with Crippen molar-refractivity contribution in [2.75, 3.05) is 7.11 Å². The van der Waals surface area contributed by atoms with Crippen LogP contribution < -0.4 is 0 Å². The van der Waals surface area contributed by atoms with E-state index in [9.17, 15) is 18.7 Å². The van der Waals surface area contributed by atoms with Crippen LogP contribution in [0.4, 0.5) is 8.78 Å². The predicted octanol–water partition coefficient (Wildman–Crippen LogP) is 5.59. The van der Waals surface area contributed by atoms with Crippen LogP contribution in [0, 0.1) is 40.4 Å². The monoisotopic (exact) mass is 412 g/mol. The Bertz CT molecular complexity index is 638. The molecule has 166 valence electrons. The Morgan fingerprint density at radius 3 is 2.52 bits per heavy atom.